The zero-order valence-corrected chi connectivity index (χ0v) is 28.0. The fourth-order valence-electron chi connectivity index (χ4n) is 4.25. The van der Waals surface area contributed by atoms with Crippen molar-refractivity contribution in [2.24, 2.45) is 0 Å². The van der Waals surface area contributed by atoms with Crippen LogP contribution in [0.1, 0.15) is 43.0 Å². The van der Waals surface area contributed by atoms with Crippen molar-refractivity contribution in [2.75, 3.05) is 0 Å². The van der Waals surface area contributed by atoms with Gasteiger partial charge in [0.05, 0.1) is 0 Å². The maximum absolute atomic E-state index is 6.94. The topological polar surface area (TPSA) is 23.8 Å². The van der Waals surface area contributed by atoms with Crippen molar-refractivity contribution in [2.45, 2.75) is 32.7 Å². The van der Waals surface area contributed by atoms with Gasteiger partial charge >= 0.3 is 21.7 Å². The molecule has 0 saturated heterocycles. The summed E-state index contributed by atoms with van der Waals surface area (Å²) in [5, 5.41) is 2.68. The van der Waals surface area contributed by atoms with Crippen molar-refractivity contribution in [3.63, 3.8) is 0 Å². The van der Waals surface area contributed by atoms with Crippen molar-refractivity contribution in [3.05, 3.63) is 182 Å². The Balaban J connectivity index is 0.000000640. The van der Waals surface area contributed by atoms with E-state index in [0.29, 0.717) is 0 Å². The van der Waals surface area contributed by atoms with Gasteiger partial charge in [-0.25, -0.2) is 0 Å². The summed E-state index contributed by atoms with van der Waals surface area (Å²) in [6, 6.07) is 33.7. The first kappa shape index (κ1) is 38.7. The third-order valence-electron chi connectivity index (χ3n) is 5.89. The number of rotatable bonds is 3. The van der Waals surface area contributed by atoms with E-state index in [1.807, 2.05) is 57.2 Å². The van der Waals surface area contributed by atoms with Crippen molar-refractivity contribution in [1.82, 2.24) is 0 Å². The van der Waals surface area contributed by atoms with Gasteiger partial charge in [0, 0.05) is 11.0 Å². The molecule has 0 amide bonds. The molecular weight excluding hydrogens is 558 g/mol. The molecule has 0 aromatic heterocycles. The van der Waals surface area contributed by atoms with E-state index in [-0.39, 0.29) is 53.1 Å². The Kier molecular flexibility index (Phi) is 17.5. The summed E-state index contributed by atoms with van der Waals surface area (Å²) >= 11 is 0. The average molecular weight is 600 g/mol. The normalized spacial score (nSPS) is 12.4. The molecule has 3 heteroatoms. The molecule has 6 rings (SSSR count). The summed E-state index contributed by atoms with van der Waals surface area (Å²) < 4.78 is 0. The van der Waals surface area contributed by atoms with Gasteiger partial charge in [-0.05, 0) is 33.9 Å². The minimum Gasteiger partial charge on any atom is -0.673 e. The van der Waals surface area contributed by atoms with E-state index in [4.69, 9.17) is 5.73 Å². The number of hydrogen-bond acceptors (Lipinski definition) is 0. The molecule has 42 heavy (non-hydrogen) atoms. The van der Waals surface area contributed by atoms with Gasteiger partial charge in [-0.3, -0.25) is 0 Å². The molecule has 4 radical (unpaired) electrons. The van der Waals surface area contributed by atoms with Gasteiger partial charge < -0.3 is 20.6 Å². The van der Waals surface area contributed by atoms with E-state index in [1.54, 1.807) is 0 Å². The Morgan fingerprint density at radius 2 is 1.21 bits per heavy atom. The predicted octanol–water partition coefficient (Wildman–Crippen LogP) is 10.8. The maximum Gasteiger partial charge on any atom is 4.00 e. The quantitative estimate of drug-likeness (QED) is 0.127. The molecule has 0 aliphatic heterocycles. The molecule has 4 aromatic carbocycles. The smallest absolute Gasteiger partial charge is 0.673 e. The third kappa shape index (κ3) is 11.9. The summed E-state index contributed by atoms with van der Waals surface area (Å²) in [4.78, 5) is 0. The minimum absolute atomic E-state index is 0. The zero-order valence-electron chi connectivity index (χ0n) is 25.5. The van der Waals surface area contributed by atoms with Crippen LogP contribution in [0.4, 0.5) is 0 Å². The van der Waals surface area contributed by atoms with E-state index in [1.165, 1.54) is 44.2 Å². The summed E-state index contributed by atoms with van der Waals surface area (Å²) in [5.74, 6) is 0. The molecule has 0 bridgehead atoms. The van der Waals surface area contributed by atoms with Gasteiger partial charge in [0.15, 0.2) is 0 Å². The van der Waals surface area contributed by atoms with Crippen LogP contribution in [0.25, 0.3) is 34.2 Å². The Labute approximate surface area is 274 Å². The van der Waals surface area contributed by atoms with Gasteiger partial charge in [0.1, 0.15) is 0 Å². The molecule has 0 unspecified atom stereocenters. The first-order valence-corrected chi connectivity index (χ1v) is 13.1. The molecule has 4 aromatic rings. The summed E-state index contributed by atoms with van der Waals surface area (Å²) in [5.41, 5.74) is 14.6. The van der Waals surface area contributed by atoms with E-state index in [2.05, 4.69) is 109 Å². The Bertz CT molecular complexity index is 1450. The SMILES string of the molecule is C(C=Cc1ccccc1)=Cc1ccccc1.CC(C)(C)[NH-].[C-]1=CC2=CCc3ccc4ccccc4c3C2=C1.[CH3-].[CH3-].[Si].[Ti+4]. The minimum atomic E-state index is -0.250. The monoisotopic (exact) mass is 599 g/mol. The Morgan fingerprint density at radius 1 is 0.714 bits per heavy atom. The molecule has 0 saturated carbocycles. The molecule has 0 spiro atoms. The van der Waals surface area contributed by atoms with Crippen LogP contribution >= 0.6 is 0 Å². The fourth-order valence-corrected chi connectivity index (χ4v) is 4.25. The molecule has 2 aliphatic carbocycles. The second-order valence-electron chi connectivity index (χ2n) is 10.3. The molecule has 0 atom stereocenters. The summed E-state index contributed by atoms with van der Waals surface area (Å²) in [7, 11) is 0. The average Bonchev–Trinajstić information content (AvgIpc) is 3.41. The van der Waals surface area contributed by atoms with E-state index >= 15 is 0 Å². The van der Waals surface area contributed by atoms with Crippen LogP contribution in [0.2, 0.25) is 0 Å². The van der Waals surface area contributed by atoms with Crippen LogP contribution in [0, 0.1) is 20.9 Å². The predicted molar refractivity (Wildman–Crippen MR) is 185 cm³/mol. The molecule has 1 nitrogen and oxygen atoms in total. The number of hydrogen-bond donors (Lipinski definition) is 0. The second kappa shape index (κ2) is 19.0. The van der Waals surface area contributed by atoms with Gasteiger partial charge in [-0.15, -0.1) is 11.6 Å². The second-order valence-corrected chi connectivity index (χ2v) is 10.3. The van der Waals surface area contributed by atoms with Gasteiger partial charge in [-0.1, -0.05) is 148 Å². The van der Waals surface area contributed by atoms with E-state index in [0.717, 1.165) is 6.42 Å². The number of allylic oxidation sites excluding steroid dienone is 8. The molecule has 2 aliphatic rings. The third-order valence-corrected chi connectivity index (χ3v) is 5.89. The van der Waals surface area contributed by atoms with Gasteiger partial charge in [-0.2, -0.15) is 29.4 Å². The maximum atomic E-state index is 6.94. The van der Waals surface area contributed by atoms with Crippen molar-refractivity contribution >= 4 is 39.5 Å². The van der Waals surface area contributed by atoms with Crippen LogP contribution in [-0.4, -0.2) is 16.5 Å². The summed E-state index contributed by atoms with van der Waals surface area (Å²) in [6.45, 7) is 5.56. The Morgan fingerprint density at radius 3 is 1.76 bits per heavy atom. The largest absolute Gasteiger partial charge is 4.00 e. The molecular formula is C39H41NSiTi. The van der Waals surface area contributed by atoms with Crippen molar-refractivity contribution < 1.29 is 21.7 Å². The number of fused-ring (bicyclic) bond motifs is 5. The fraction of sp³-hybridized carbons (Fsp3) is 0.128. The molecule has 1 N–H and O–H groups in total. The van der Waals surface area contributed by atoms with Crippen LogP contribution in [0.3, 0.4) is 0 Å². The molecule has 210 valence electrons. The van der Waals surface area contributed by atoms with Crippen LogP contribution in [0.15, 0.2) is 133 Å². The summed E-state index contributed by atoms with van der Waals surface area (Å²) in [6.07, 6.45) is 19.0. The first-order chi connectivity index (χ1) is 18.4. The molecule has 0 heterocycles. The van der Waals surface area contributed by atoms with Crippen molar-refractivity contribution in [1.29, 1.82) is 0 Å². The first-order valence-electron chi connectivity index (χ1n) is 13.1. The van der Waals surface area contributed by atoms with Crippen LogP contribution < -0.4 is 0 Å². The van der Waals surface area contributed by atoms with Crippen molar-refractivity contribution in [3.8, 4) is 0 Å². The van der Waals surface area contributed by atoms with E-state index < -0.39 is 0 Å². The van der Waals surface area contributed by atoms with Gasteiger partial charge in [0.2, 0.25) is 0 Å². The standard InChI is InChI=1S/C17H11.C16H14.C4H10N.2CH3.Si.Ti/c1-2-6-15-12(4-1)8-10-14-11-9-13-5-3-7-16(13)17(14)15;1-3-9-15(10-4-1)13-7-8-14-16-11-5-2-6-12-16;1-4(2,3)5;;;;/h1-2,4-10H,11H2;1-14H;5H,1-3H3;2*1H3;;/q-1;;3*-1;;+4. The van der Waals surface area contributed by atoms with Gasteiger partial charge in [0.25, 0.3) is 0 Å². The Hall–Kier alpha value is -3.27. The number of nitrogens with one attached hydrogen (secondary N) is 1. The number of benzene rings is 4. The van der Waals surface area contributed by atoms with Crippen LogP contribution in [0.5, 0.6) is 0 Å². The zero-order chi connectivity index (χ0) is 26.8. The molecule has 0 fully saturated rings. The van der Waals surface area contributed by atoms with Crippen LogP contribution in [-0.2, 0) is 28.1 Å². The van der Waals surface area contributed by atoms with E-state index in [9.17, 15) is 0 Å².